The highest BCUT2D eigenvalue weighted by Gasteiger charge is 2.10. The molecule has 1 aromatic heterocycles. The van der Waals surface area contributed by atoms with E-state index in [0.29, 0.717) is 29.4 Å². The molecule has 1 aromatic carbocycles. The van der Waals surface area contributed by atoms with E-state index < -0.39 is 0 Å². The standard InChI is InChI=1S/C15H19ClN4O/c1-9-10(2)19-20(11(9)3)7-6-15(21)18-14-5-4-12(17)8-13(14)16/h4-5,8H,6-7,17H2,1-3H3,(H,18,21). The number of benzene rings is 1. The lowest BCUT2D eigenvalue weighted by Crippen LogP contribution is -2.16. The third-order valence-corrected chi connectivity index (χ3v) is 3.87. The van der Waals surface area contributed by atoms with E-state index in [0.717, 1.165) is 17.0 Å². The van der Waals surface area contributed by atoms with E-state index in [1.54, 1.807) is 18.2 Å². The Hall–Kier alpha value is -2.01. The number of nitrogen functional groups attached to an aromatic ring is 1. The second-order valence-electron chi connectivity index (χ2n) is 5.06. The van der Waals surface area contributed by atoms with Crippen molar-refractivity contribution in [3.05, 3.63) is 40.2 Å². The van der Waals surface area contributed by atoms with E-state index in [4.69, 9.17) is 17.3 Å². The fourth-order valence-corrected chi connectivity index (χ4v) is 2.29. The van der Waals surface area contributed by atoms with Crippen LogP contribution in [0.5, 0.6) is 0 Å². The van der Waals surface area contributed by atoms with Gasteiger partial charge >= 0.3 is 0 Å². The molecule has 6 heteroatoms. The maximum Gasteiger partial charge on any atom is 0.226 e. The number of carbonyl (C=O) groups excluding carboxylic acids is 1. The SMILES string of the molecule is Cc1nn(CCC(=O)Nc2ccc(N)cc2Cl)c(C)c1C. The van der Waals surface area contributed by atoms with E-state index >= 15 is 0 Å². The maximum absolute atomic E-state index is 12.0. The molecule has 3 N–H and O–H groups in total. The molecule has 1 heterocycles. The maximum atomic E-state index is 12.0. The van der Waals surface area contributed by atoms with Crippen LogP contribution in [0.15, 0.2) is 18.2 Å². The van der Waals surface area contributed by atoms with Gasteiger partial charge in [0.25, 0.3) is 0 Å². The third-order valence-electron chi connectivity index (χ3n) is 3.56. The van der Waals surface area contributed by atoms with E-state index in [1.807, 2.05) is 25.5 Å². The van der Waals surface area contributed by atoms with Crippen LogP contribution >= 0.6 is 11.6 Å². The number of nitrogens with zero attached hydrogens (tertiary/aromatic N) is 2. The number of aryl methyl sites for hydroxylation is 2. The minimum atomic E-state index is -0.105. The lowest BCUT2D eigenvalue weighted by molar-refractivity contribution is -0.116. The summed E-state index contributed by atoms with van der Waals surface area (Å²) < 4.78 is 1.86. The Labute approximate surface area is 129 Å². The van der Waals surface area contributed by atoms with Crippen LogP contribution < -0.4 is 11.1 Å². The molecule has 0 aliphatic heterocycles. The second kappa shape index (κ2) is 6.18. The second-order valence-corrected chi connectivity index (χ2v) is 5.46. The fourth-order valence-electron chi connectivity index (χ4n) is 2.06. The van der Waals surface area contributed by atoms with Crippen molar-refractivity contribution >= 4 is 28.9 Å². The summed E-state index contributed by atoms with van der Waals surface area (Å²) in [6.07, 6.45) is 0.335. The minimum Gasteiger partial charge on any atom is -0.399 e. The Morgan fingerprint density at radius 2 is 2.10 bits per heavy atom. The summed E-state index contributed by atoms with van der Waals surface area (Å²) in [5, 5.41) is 7.63. The minimum absolute atomic E-state index is 0.105. The summed E-state index contributed by atoms with van der Waals surface area (Å²) in [4.78, 5) is 12.0. The van der Waals surface area contributed by atoms with Crippen molar-refractivity contribution in [3.8, 4) is 0 Å². The molecule has 0 saturated heterocycles. The molecule has 21 heavy (non-hydrogen) atoms. The van der Waals surface area contributed by atoms with Gasteiger partial charge in [0, 0.05) is 24.3 Å². The fraction of sp³-hybridized carbons (Fsp3) is 0.333. The molecule has 0 fully saturated rings. The number of nitrogens with two attached hydrogens (primary N) is 1. The van der Waals surface area contributed by atoms with Crippen LogP contribution in [0.3, 0.4) is 0 Å². The van der Waals surface area contributed by atoms with Gasteiger partial charge in [-0.05, 0) is 44.5 Å². The topological polar surface area (TPSA) is 72.9 Å². The first-order valence-corrected chi connectivity index (χ1v) is 7.11. The monoisotopic (exact) mass is 306 g/mol. The van der Waals surface area contributed by atoms with Gasteiger partial charge in [0.1, 0.15) is 0 Å². The lowest BCUT2D eigenvalue weighted by Gasteiger charge is -2.08. The first-order valence-electron chi connectivity index (χ1n) is 6.74. The predicted octanol–water partition coefficient (Wildman–Crippen LogP) is 3.07. The number of anilines is 2. The normalized spacial score (nSPS) is 10.7. The summed E-state index contributed by atoms with van der Waals surface area (Å²) in [6, 6.07) is 5.01. The van der Waals surface area contributed by atoms with Crippen LogP contribution in [0.1, 0.15) is 23.4 Å². The average Bonchev–Trinajstić information content (AvgIpc) is 2.67. The van der Waals surface area contributed by atoms with Gasteiger partial charge in [0.2, 0.25) is 5.91 Å². The molecule has 0 aliphatic rings. The highest BCUT2D eigenvalue weighted by Crippen LogP contribution is 2.24. The van der Waals surface area contributed by atoms with Gasteiger partial charge in [-0.25, -0.2) is 0 Å². The quantitative estimate of drug-likeness (QED) is 0.853. The highest BCUT2D eigenvalue weighted by atomic mass is 35.5. The summed E-state index contributed by atoms with van der Waals surface area (Å²) >= 11 is 6.03. The molecular formula is C15H19ClN4O. The third kappa shape index (κ3) is 3.55. The van der Waals surface area contributed by atoms with Crippen molar-refractivity contribution in [3.63, 3.8) is 0 Å². The van der Waals surface area contributed by atoms with Gasteiger partial charge in [0.05, 0.1) is 16.4 Å². The van der Waals surface area contributed by atoms with Gasteiger partial charge in [-0.1, -0.05) is 11.6 Å². The number of hydrogen-bond donors (Lipinski definition) is 2. The Morgan fingerprint density at radius 1 is 1.38 bits per heavy atom. The Bertz CT molecular complexity index is 679. The van der Waals surface area contributed by atoms with Crippen molar-refractivity contribution in [2.24, 2.45) is 0 Å². The highest BCUT2D eigenvalue weighted by molar-refractivity contribution is 6.34. The molecule has 2 aromatic rings. The molecule has 0 saturated carbocycles. The molecule has 1 amide bonds. The molecular weight excluding hydrogens is 288 g/mol. The van der Waals surface area contributed by atoms with Crippen LogP contribution in [0.2, 0.25) is 5.02 Å². The van der Waals surface area contributed by atoms with E-state index in [1.165, 1.54) is 0 Å². The average molecular weight is 307 g/mol. The zero-order valence-corrected chi connectivity index (χ0v) is 13.2. The predicted molar refractivity (Wildman–Crippen MR) is 85.5 cm³/mol. The van der Waals surface area contributed by atoms with Gasteiger partial charge in [-0.3, -0.25) is 9.48 Å². The largest absolute Gasteiger partial charge is 0.399 e. The molecule has 0 radical (unpaired) electrons. The zero-order chi connectivity index (χ0) is 15.6. The number of carbonyl (C=O) groups is 1. The number of aromatic nitrogens is 2. The summed E-state index contributed by atoms with van der Waals surface area (Å²) in [5.41, 5.74) is 10.0. The summed E-state index contributed by atoms with van der Waals surface area (Å²) in [6.45, 7) is 6.54. The van der Waals surface area contributed by atoms with E-state index in [-0.39, 0.29) is 5.91 Å². The molecule has 112 valence electrons. The molecule has 0 bridgehead atoms. The smallest absolute Gasteiger partial charge is 0.226 e. The number of hydrogen-bond acceptors (Lipinski definition) is 3. The Morgan fingerprint density at radius 3 is 2.67 bits per heavy atom. The lowest BCUT2D eigenvalue weighted by atomic mass is 10.2. The van der Waals surface area contributed by atoms with E-state index in [2.05, 4.69) is 10.4 Å². The van der Waals surface area contributed by atoms with Crippen molar-refractivity contribution < 1.29 is 4.79 Å². The van der Waals surface area contributed by atoms with Gasteiger partial charge in [0.15, 0.2) is 0 Å². The number of halogens is 1. The van der Waals surface area contributed by atoms with Gasteiger partial charge in [-0.2, -0.15) is 5.10 Å². The van der Waals surface area contributed by atoms with Crippen molar-refractivity contribution in [2.45, 2.75) is 33.7 Å². The summed E-state index contributed by atoms with van der Waals surface area (Å²) in [5.74, 6) is -0.105. The van der Waals surface area contributed by atoms with Gasteiger partial charge in [-0.15, -0.1) is 0 Å². The molecule has 0 unspecified atom stereocenters. The first kappa shape index (κ1) is 15.4. The van der Waals surface area contributed by atoms with Gasteiger partial charge < -0.3 is 11.1 Å². The summed E-state index contributed by atoms with van der Waals surface area (Å²) in [7, 11) is 0. The van der Waals surface area contributed by atoms with Crippen LogP contribution in [0, 0.1) is 20.8 Å². The van der Waals surface area contributed by atoms with Crippen LogP contribution in [0.4, 0.5) is 11.4 Å². The molecule has 2 rings (SSSR count). The molecule has 5 nitrogen and oxygen atoms in total. The van der Waals surface area contributed by atoms with Crippen LogP contribution in [-0.2, 0) is 11.3 Å². The Balaban J connectivity index is 1.97. The molecule has 0 spiro atoms. The van der Waals surface area contributed by atoms with Crippen molar-refractivity contribution in [1.29, 1.82) is 0 Å². The van der Waals surface area contributed by atoms with Crippen LogP contribution in [0.25, 0.3) is 0 Å². The van der Waals surface area contributed by atoms with E-state index in [9.17, 15) is 4.79 Å². The number of rotatable bonds is 4. The van der Waals surface area contributed by atoms with Crippen LogP contribution in [-0.4, -0.2) is 15.7 Å². The van der Waals surface area contributed by atoms with Crippen molar-refractivity contribution in [1.82, 2.24) is 9.78 Å². The number of amides is 1. The zero-order valence-electron chi connectivity index (χ0n) is 12.4. The molecule has 0 atom stereocenters. The first-order chi connectivity index (χ1) is 9.88. The van der Waals surface area contributed by atoms with Crippen molar-refractivity contribution in [2.75, 3.05) is 11.1 Å². The molecule has 0 aliphatic carbocycles. The Kier molecular flexibility index (Phi) is 4.53. The number of nitrogens with one attached hydrogen (secondary N) is 1.